The summed E-state index contributed by atoms with van der Waals surface area (Å²) >= 11 is 3.04. The Morgan fingerprint density at radius 3 is 2.92 bits per heavy atom. The number of aromatic nitrogens is 1. The van der Waals surface area contributed by atoms with Gasteiger partial charge in [-0.1, -0.05) is 0 Å². The molecule has 5 heteroatoms. The molecule has 0 radical (unpaired) electrons. The molecule has 1 aromatic heterocycles. The highest BCUT2D eigenvalue weighted by Crippen LogP contribution is 2.04. The molecule has 0 saturated heterocycles. The fourth-order valence-electron chi connectivity index (χ4n) is 0.850. The predicted molar refractivity (Wildman–Crippen MR) is 52.8 cm³/mol. The standard InChI is InChI=1S/C8H9BrN2O2/c1-2-10-7(12)5-3-6(9)8(13)11-4-5/h3-4H,2H2,1H3,(H,10,12)(H,11,13). The molecule has 4 nitrogen and oxygen atoms in total. The van der Waals surface area contributed by atoms with Crippen molar-refractivity contribution in [1.82, 2.24) is 10.3 Å². The van der Waals surface area contributed by atoms with Crippen LogP contribution in [0.2, 0.25) is 0 Å². The number of pyridine rings is 1. The van der Waals surface area contributed by atoms with Gasteiger partial charge in [-0.15, -0.1) is 0 Å². The van der Waals surface area contributed by atoms with Gasteiger partial charge in [0.05, 0.1) is 10.0 Å². The van der Waals surface area contributed by atoms with Crippen LogP contribution in [0.25, 0.3) is 0 Å². The van der Waals surface area contributed by atoms with Crippen LogP contribution in [0.5, 0.6) is 0 Å². The van der Waals surface area contributed by atoms with Crippen molar-refractivity contribution in [3.05, 3.63) is 32.7 Å². The first-order valence-corrected chi connectivity index (χ1v) is 4.61. The summed E-state index contributed by atoms with van der Waals surface area (Å²) in [7, 11) is 0. The minimum atomic E-state index is -0.243. The lowest BCUT2D eigenvalue weighted by molar-refractivity contribution is 0.0955. The molecule has 1 amide bonds. The molecule has 0 unspecified atom stereocenters. The van der Waals surface area contributed by atoms with E-state index >= 15 is 0 Å². The maximum atomic E-state index is 11.3. The van der Waals surface area contributed by atoms with Crippen LogP contribution in [-0.2, 0) is 0 Å². The van der Waals surface area contributed by atoms with Crippen LogP contribution < -0.4 is 10.9 Å². The van der Waals surface area contributed by atoms with Crippen molar-refractivity contribution in [3.63, 3.8) is 0 Å². The van der Waals surface area contributed by atoms with Crippen molar-refractivity contribution in [2.24, 2.45) is 0 Å². The van der Waals surface area contributed by atoms with Gasteiger partial charge in [0, 0.05) is 12.7 Å². The summed E-state index contributed by atoms with van der Waals surface area (Å²) in [6, 6.07) is 1.49. The van der Waals surface area contributed by atoms with E-state index in [4.69, 9.17) is 0 Å². The Labute approximate surface area is 83.5 Å². The largest absolute Gasteiger partial charge is 0.352 e. The van der Waals surface area contributed by atoms with E-state index in [0.717, 1.165) is 0 Å². The van der Waals surface area contributed by atoms with Gasteiger partial charge in [-0.2, -0.15) is 0 Å². The van der Waals surface area contributed by atoms with Gasteiger partial charge in [0.1, 0.15) is 0 Å². The van der Waals surface area contributed by atoms with Gasteiger partial charge in [0.15, 0.2) is 0 Å². The Kier molecular flexibility index (Phi) is 3.25. The van der Waals surface area contributed by atoms with Gasteiger partial charge < -0.3 is 10.3 Å². The van der Waals surface area contributed by atoms with E-state index in [2.05, 4.69) is 26.2 Å². The topological polar surface area (TPSA) is 62.0 Å². The summed E-state index contributed by atoms with van der Waals surface area (Å²) < 4.78 is 0.358. The molecule has 0 fully saturated rings. The molecule has 1 rings (SSSR count). The van der Waals surface area contributed by atoms with E-state index < -0.39 is 0 Å². The second-order valence-corrected chi connectivity index (χ2v) is 3.28. The van der Waals surface area contributed by atoms with Crippen LogP contribution in [0.1, 0.15) is 17.3 Å². The van der Waals surface area contributed by atoms with Crippen LogP contribution in [0.3, 0.4) is 0 Å². The van der Waals surface area contributed by atoms with Crippen molar-refractivity contribution in [2.45, 2.75) is 6.92 Å². The summed E-state index contributed by atoms with van der Waals surface area (Å²) in [4.78, 5) is 24.6. The molecule has 0 aliphatic heterocycles. The number of halogens is 1. The van der Waals surface area contributed by atoms with E-state index in [0.29, 0.717) is 16.6 Å². The maximum absolute atomic E-state index is 11.3. The zero-order valence-corrected chi connectivity index (χ0v) is 8.64. The number of carbonyl (C=O) groups excluding carboxylic acids is 1. The lowest BCUT2D eigenvalue weighted by atomic mass is 10.3. The Morgan fingerprint density at radius 2 is 2.38 bits per heavy atom. The number of nitrogens with one attached hydrogen (secondary N) is 2. The van der Waals surface area contributed by atoms with Crippen molar-refractivity contribution >= 4 is 21.8 Å². The molecular weight excluding hydrogens is 236 g/mol. The molecule has 1 aromatic rings. The SMILES string of the molecule is CCNC(=O)c1c[nH]c(=O)c(Br)c1. The minimum absolute atomic E-state index is 0.195. The number of hydrogen-bond donors (Lipinski definition) is 2. The number of H-pyrrole nitrogens is 1. The Hall–Kier alpha value is -1.10. The van der Waals surface area contributed by atoms with Crippen LogP contribution in [0.4, 0.5) is 0 Å². The normalized spacial score (nSPS) is 9.69. The van der Waals surface area contributed by atoms with Crippen LogP contribution in [-0.4, -0.2) is 17.4 Å². The maximum Gasteiger partial charge on any atom is 0.262 e. The van der Waals surface area contributed by atoms with Gasteiger partial charge in [-0.3, -0.25) is 9.59 Å². The zero-order valence-electron chi connectivity index (χ0n) is 7.06. The molecule has 0 atom stereocenters. The molecular formula is C8H9BrN2O2. The van der Waals surface area contributed by atoms with Crippen molar-refractivity contribution in [2.75, 3.05) is 6.54 Å². The van der Waals surface area contributed by atoms with Gasteiger partial charge >= 0.3 is 0 Å². The third kappa shape index (κ3) is 2.42. The summed E-state index contributed by atoms with van der Waals surface area (Å²) in [6.07, 6.45) is 1.39. The summed E-state index contributed by atoms with van der Waals surface area (Å²) in [6.45, 7) is 2.40. The van der Waals surface area contributed by atoms with Crippen molar-refractivity contribution < 1.29 is 4.79 Å². The summed E-state index contributed by atoms with van der Waals surface area (Å²) in [5.41, 5.74) is 0.196. The number of amides is 1. The molecule has 0 spiro atoms. The third-order valence-electron chi connectivity index (χ3n) is 1.46. The molecule has 0 bridgehead atoms. The second-order valence-electron chi connectivity index (χ2n) is 2.42. The van der Waals surface area contributed by atoms with Crippen molar-refractivity contribution in [3.8, 4) is 0 Å². The van der Waals surface area contributed by atoms with E-state index in [9.17, 15) is 9.59 Å². The molecule has 0 aliphatic carbocycles. The van der Waals surface area contributed by atoms with Gasteiger partial charge in [-0.25, -0.2) is 0 Å². The Balaban J connectivity index is 2.97. The number of rotatable bonds is 2. The monoisotopic (exact) mass is 244 g/mol. The molecule has 2 N–H and O–H groups in total. The molecule has 1 heterocycles. The number of aromatic amines is 1. The van der Waals surface area contributed by atoms with Crippen molar-refractivity contribution in [1.29, 1.82) is 0 Å². The van der Waals surface area contributed by atoms with E-state index in [1.165, 1.54) is 12.3 Å². The molecule has 0 saturated carbocycles. The zero-order chi connectivity index (χ0) is 9.84. The van der Waals surface area contributed by atoms with E-state index in [1.54, 1.807) is 0 Å². The molecule has 0 aliphatic rings. The first-order chi connectivity index (χ1) is 6.15. The summed E-state index contributed by atoms with van der Waals surface area (Å²) in [5, 5.41) is 2.63. The lowest BCUT2D eigenvalue weighted by Crippen LogP contribution is -2.23. The van der Waals surface area contributed by atoms with Gasteiger partial charge in [-0.05, 0) is 28.9 Å². The number of carbonyl (C=O) groups is 1. The first-order valence-electron chi connectivity index (χ1n) is 3.81. The van der Waals surface area contributed by atoms with Gasteiger partial charge in [0.2, 0.25) is 0 Å². The highest BCUT2D eigenvalue weighted by atomic mass is 79.9. The quantitative estimate of drug-likeness (QED) is 0.812. The van der Waals surface area contributed by atoms with Crippen LogP contribution in [0, 0.1) is 0 Å². The fourth-order valence-corrected chi connectivity index (χ4v) is 1.21. The second kappa shape index (κ2) is 4.23. The Morgan fingerprint density at radius 1 is 1.69 bits per heavy atom. The van der Waals surface area contributed by atoms with E-state index in [1.807, 2.05) is 6.92 Å². The highest BCUT2D eigenvalue weighted by Gasteiger charge is 2.05. The van der Waals surface area contributed by atoms with Crippen LogP contribution in [0.15, 0.2) is 21.5 Å². The third-order valence-corrected chi connectivity index (χ3v) is 2.05. The molecule has 0 aromatic carbocycles. The molecule has 70 valence electrons. The molecule has 13 heavy (non-hydrogen) atoms. The first kappa shape index (κ1) is 9.98. The number of hydrogen-bond acceptors (Lipinski definition) is 2. The average molecular weight is 245 g/mol. The smallest absolute Gasteiger partial charge is 0.262 e. The van der Waals surface area contributed by atoms with Crippen LogP contribution >= 0.6 is 15.9 Å². The Bertz CT molecular complexity index is 373. The minimum Gasteiger partial charge on any atom is -0.352 e. The average Bonchev–Trinajstić information content (AvgIpc) is 2.10. The predicted octanol–water partition coefficient (Wildman–Crippen LogP) is 0.887. The lowest BCUT2D eigenvalue weighted by Gasteiger charge is -2.01. The highest BCUT2D eigenvalue weighted by molar-refractivity contribution is 9.10. The van der Waals surface area contributed by atoms with Gasteiger partial charge in [0.25, 0.3) is 11.5 Å². The fraction of sp³-hybridized carbons (Fsp3) is 0.250. The van der Waals surface area contributed by atoms with E-state index in [-0.39, 0.29) is 11.5 Å². The summed E-state index contributed by atoms with van der Waals surface area (Å²) in [5.74, 6) is -0.195.